The van der Waals surface area contributed by atoms with E-state index in [1.807, 2.05) is 13.0 Å². The van der Waals surface area contributed by atoms with Gasteiger partial charge in [0.2, 0.25) is 5.88 Å². The van der Waals surface area contributed by atoms with Crippen LogP contribution in [0.15, 0.2) is 24.7 Å². The highest BCUT2D eigenvalue weighted by Crippen LogP contribution is 2.21. The Labute approximate surface area is 140 Å². The summed E-state index contributed by atoms with van der Waals surface area (Å²) >= 11 is 0. The third-order valence-corrected chi connectivity index (χ3v) is 3.66. The summed E-state index contributed by atoms with van der Waals surface area (Å²) in [6.07, 6.45) is 6.80. The summed E-state index contributed by atoms with van der Waals surface area (Å²) in [5.41, 5.74) is 0.284. The fourth-order valence-corrected chi connectivity index (χ4v) is 2.53. The Kier molecular flexibility index (Phi) is 5.15. The smallest absolute Gasteiger partial charge is 0.271 e. The van der Waals surface area contributed by atoms with Crippen molar-refractivity contribution in [3.05, 3.63) is 36.2 Å². The Morgan fingerprint density at radius 2 is 2.12 bits per heavy atom. The molecule has 1 saturated heterocycles. The van der Waals surface area contributed by atoms with E-state index in [0.29, 0.717) is 24.9 Å². The first-order valence-corrected chi connectivity index (χ1v) is 8.00. The maximum atomic E-state index is 11.8. The van der Waals surface area contributed by atoms with E-state index in [2.05, 4.69) is 30.2 Å². The number of carbonyl (C=O) groups excluding carboxylic acids is 1. The highest BCUT2D eigenvalue weighted by molar-refractivity contribution is 5.91. The molecule has 0 aromatic carbocycles. The van der Waals surface area contributed by atoms with Crippen LogP contribution in [0, 0.1) is 6.92 Å². The summed E-state index contributed by atoms with van der Waals surface area (Å²) in [5, 5.41) is 2.73. The molecular formula is C16H20N6O2. The molecule has 3 heterocycles. The Bertz CT molecular complexity index is 688. The van der Waals surface area contributed by atoms with Crippen LogP contribution in [-0.2, 0) is 0 Å². The molecular weight excluding hydrogens is 308 g/mol. The quantitative estimate of drug-likeness (QED) is 0.790. The first-order chi connectivity index (χ1) is 11.7. The third kappa shape index (κ3) is 4.15. The number of nitrogens with zero attached hydrogens (tertiary/aromatic N) is 5. The molecule has 0 radical (unpaired) electrons. The zero-order chi connectivity index (χ0) is 16.8. The zero-order valence-electron chi connectivity index (χ0n) is 13.6. The highest BCUT2D eigenvalue weighted by Gasteiger charge is 2.15. The van der Waals surface area contributed by atoms with Crippen molar-refractivity contribution in [3.63, 3.8) is 0 Å². The molecule has 8 nitrogen and oxygen atoms in total. The average Bonchev–Trinajstić information content (AvgIpc) is 3.13. The maximum absolute atomic E-state index is 11.8. The van der Waals surface area contributed by atoms with Gasteiger partial charge in [0.1, 0.15) is 23.9 Å². The van der Waals surface area contributed by atoms with Crippen molar-refractivity contribution in [2.45, 2.75) is 19.8 Å². The predicted molar refractivity (Wildman–Crippen MR) is 88.1 cm³/mol. The number of carbonyl (C=O) groups is 1. The molecule has 0 aliphatic carbocycles. The van der Waals surface area contributed by atoms with Crippen LogP contribution >= 0.6 is 0 Å². The number of hydrogen-bond donors (Lipinski definition) is 1. The second kappa shape index (κ2) is 7.67. The molecule has 1 aliphatic heterocycles. The molecule has 8 heteroatoms. The van der Waals surface area contributed by atoms with Crippen LogP contribution in [0.5, 0.6) is 5.88 Å². The van der Waals surface area contributed by atoms with Crippen LogP contribution in [0.25, 0.3) is 0 Å². The van der Waals surface area contributed by atoms with Gasteiger partial charge < -0.3 is 15.0 Å². The number of hydrogen-bond acceptors (Lipinski definition) is 7. The summed E-state index contributed by atoms with van der Waals surface area (Å²) in [6, 6.07) is 1.85. The molecule has 1 fully saturated rings. The summed E-state index contributed by atoms with van der Waals surface area (Å²) in [5.74, 6) is 1.83. The van der Waals surface area contributed by atoms with E-state index in [4.69, 9.17) is 4.74 Å². The van der Waals surface area contributed by atoms with Gasteiger partial charge in [-0.25, -0.2) is 9.97 Å². The fraction of sp³-hybridized carbons (Fsp3) is 0.438. The van der Waals surface area contributed by atoms with Crippen LogP contribution in [0.4, 0.5) is 5.82 Å². The number of amides is 1. The second-order valence-corrected chi connectivity index (χ2v) is 5.50. The minimum atomic E-state index is -0.275. The number of rotatable bonds is 6. The average molecular weight is 328 g/mol. The maximum Gasteiger partial charge on any atom is 0.271 e. The number of nitrogens with one attached hydrogen (secondary N) is 1. The summed E-state index contributed by atoms with van der Waals surface area (Å²) < 4.78 is 5.64. The first-order valence-electron chi connectivity index (χ1n) is 8.00. The van der Waals surface area contributed by atoms with Gasteiger partial charge in [0.15, 0.2) is 0 Å². The highest BCUT2D eigenvalue weighted by atomic mass is 16.5. The van der Waals surface area contributed by atoms with Crippen molar-refractivity contribution in [1.29, 1.82) is 0 Å². The molecule has 0 spiro atoms. The Morgan fingerprint density at radius 1 is 1.29 bits per heavy atom. The standard InChI is InChI=1S/C16H20N6O2/c1-12-20-14(22-7-2-3-8-22)10-15(21-12)24-9-6-19-16(23)13-11-17-4-5-18-13/h4-5,10-11H,2-3,6-9H2,1H3,(H,19,23). The van der Waals surface area contributed by atoms with Crippen molar-refractivity contribution in [2.75, 3.05) is 31.1 Å². The molecule has 1 amide bonds. The minimum absolute atomic E-state index is 0.275. The van der Waals surface area contributed by atoms with Gasteiger partial charge in [-0.1, -0.05) is 0 Å². The van der Waals surface area contributed by atoms with Gasteiger partial charge in [-0.2, -0.15) is 4.98 Å². The fourth-order valence-electron chi connectivity index (χ4n) is 2.53. The van der Waals surface area contributed by atoms with Gasteiger partial charge in [-0.15, -0.1) is 0 Å². The van der Waals surface area contributed by atoms with Crippen molar-refractivity contribution in [3.8, 4) is 5.88 Å². The van der Waals surface area contributed by atoms with E-state index in [-0.39, 0.29) is 11.6 Å². The van der Waals surface area contributed by atoms with Crippen LogP contribution in [-0.4, -0.2) is 52.1 Å². The lowest BCUT2D eigenvalue weighted by Gasteiger charge is -2.17. The number of aromatic nitrogens is 4. The summed E-state index contributed by atoms with van der Waals surface area (Å²) in [4.78, 5) is 30.6. The largest absolute Gasteiger partial charge is 0.476 e. The molecule has 24 heavy (non-hydrogen) atoms. The zero-order valence-corrected chi connectivity index (χ0v) is 13.6. The molecule has 126 valence electrons. The second-order valence-electron chi connectivity index (χ2n) is 5.50. The lowest BCUT2D eigenvalue weighted by molar-refractivity contribution is 0.0941. The van der Waals surface area contributed by atoms with E-state index in [0.717, 1.165) is 18.9 Å². The predicted octanol–water partition coefficient (Wildman–Crippen LogP) is 0.984. The normalized spacial score (nSPS) is 13.8. The van der Waals surface area contributed by atoms with Crippen molar-refractivity contribution in [2.24, 2.45) is 0 Å². The lowest BCUT2D eigenvalue weighted by atomic mass is 10.4. The van der Waals surface area contributed by atoms with E-state index < -0.39 is 0 Å². The van der Waals surface area contributed by atoms with E-state index in [1.165, 1.54) is 31.4 Å². The van der Waals surface area contributed by atoms with Crippen LogP contribution in [0.1, 0.15) is 29.2 Å². The summed E-state index contributed by atoms with van der Waals surface area (Å²) in [6.45, 7) is 4.57. The van der Waals surface area contributed by atoms with E-state index in [1.54, 1.807) is 0 Å². The number of ether oxygens (including phenoxy) is 1. The van der Waals surface area contributed by atoms with Gasteiger partial charge in [0.25, 0.3) is 5.91 Å². The molecule has 2 aromatic heterocycles. The first kappa shape index (κ1) is 16.1. The molecule has 1 N–H and O–H groups in total. The Hall–Kier alpha value is -2.77. The van der Waals surface area contributed by atoms with E-state index >= 15 is 0 Å². The van der Waals surface area contributed by atoms with Crippen LogP contribution < -0.4 is 15.0 Å². The lowest BCUT2D eigenvalue weighted by Crippen LogP contribution is -2.29. The molecule has 0 saturated carbocycles. The van der Waals surface area contributed by atoms with Crippen molar-refractivity contribution >= 4 is 11.7 Å². The van der Waals surface area contributed by atoms with Crippen LogP contribution in [0.3, 0.4) is 0 Å². The summed E-state index contributed by atoms with van der Waals surface area (Å²) in [7, 11) is 0. The van der Waals surface area contributed by atoms with E-state index in [9.17, 15) is 4.79 Å². The van der Waals surface area contributed by atoms with Crippen molar-refractivity contribution in [1.82, 2.24) is 25.3 Å². The monoisotopic (exact) mass is 328 g/mol. The molecule has 0 unspecified atom stereocenters. The number of anilines is 1. The Balaban J connectivity index is 1.50. The molecule has 1 aliphatic rings. The topological polar surface area (TPSA) is 93.1 Å². The third-order valence-electron chi connectivity index (χ3n) is 3.66. The molecule has 0 atom stereocenters. The van der Waals surface area contributed by atoms with Gasteiger partial charge in [0, 0.05) is 31.5 Å². The molecule has 2 aromatic rings. The Morgan fingerprint density at radius 3 is 2.88 bits per heavy atom. The number of aryl methyl sites for hydroxylation is 1. The van der Waals surface area contributed by atoms with Gasteiger partial charge in [0.05, 0.1) is 12.7 Å². The SMILES string of the molecule is Cc1nc(OCCNC(=O)c2cnccn2)cc(N2CCCC2)n1. The van der Waals surface area contributed by atoms with Gasteiger partial charge in [-0.3, -0.25) is 9.78 Å². The van der Waals surface area contributed by atoms with Gasteiger partial charge in [-0.05, 0) is 19.8 Å². The minimum Gasteiger partial charge on any atom is -0.476 e. The van der Waals surface area contributed by atoms with Crippen LogP contribution in [0.2, 0.25) is 0 Å². The van der Waals surface area contributed by atoms with Gasteiger partial charge >= 0.3 is 0 Å². The molecule has 3 rings (SSSR count). The van der Waals surface area contributed by atoms with Crippen molar-refractivity contribution < 1.29 is 9.53 Å². The molecule has 0 bridgehead atoms.